The molecule has 14 heavy (non-hydrogen) atoms. The smallest absolute Gasteiger partial charge is 0.0414 e. The number of benzene rings is 1. The van der Waals surface area contributed by atoms with Gasteiger partial charge in [0.05, 0.1) is 0 Å². The van der Waals surface area contributed by atoms with Gasteiger partial charge in [0.1, 0.15) is 0 Å². The van der Waals surface area contributed by atoms with Crippen molar-refractivity contribution in [1.82, 2.24) is 0 Å². The van der Waals surface area contributed by atoms with Crippen LogP contribution < -0.4 is 10.6 Å². The quantitative estimate of drug-likeness (QED) is 0.797. The fraction of sp³-hybridized carbons (Fsp3) is 0.500. The van der Waals surface area contributed by atoms with E-state index in [1.54, 1.807) is 0 Å². The molecule has 0 aromatic heterocycles. The lowest BCUT2D eigenvalue weighted by Crippen LogP contribution is -2.27. The standard InChI is InChI=1S/C12H20N2/c1-9(2)14(4)12-8-6-5-7-11(12)10(3)13/h5-10H,13H2,1-4H3/t10-/m0/s1. The molecule has 78 valence electrons. The van der Waals surface area contributed by atoms with Crippen molar-refractivity contribution in [2.75, 3.05) is 11.9 Å². The largest absolute Gasteiger partial charge is 0.372 e. The topological polar surface area (TPSA) is 29.3 Å². The minimum Gasteiger partial charge on any atom is -0.372 e. The van der Waals surface area contributed by atoms with Crippen LogP contribution in [0.5, 0.6) is 0 Å². The third-order valence-electron chi connectivity index (χ3n) is 2.58. The van der Waals surface area contributed by atoms with Crippen LogP contribution in [0.4, 0.5) is 5.69 Å². The number of nitrogens with zero attached hydrogens (tertiary/aromatic N) is 1. The van der Waals surface area contributed by atoms with Crippen molar-refractivity contribution in [3.8, 4) is 0 Å². The summed E-state index contributed by atoms with van der Waals surface area (Å²) in [6.45, 7) is 6.38. The number of anilines is 1. The fourth-order valence-electron chi connectivity index (χ4n) is 1.47. The Morgan fingerprint density at radius 1 is 1.14 bits per heavy atom. The highest BCUT2D eigenvalue weighted by molar-refractivity contribution is 5.54. The van der Waals surface area contributed by atoms with Gasteiger partial charge in [-0.15, -0.1) is 0 Å². The summed E-state index contributed by atoms with van der Waals surface area (Å²) in [6, 6.07) is 8.90. The summed E-state index contributed by atoms with van der Waals surface area (Å²) in [4.78, 5) is 2.25. The van der Waals surface area contributed by atoms with Crippen molar-refractivity contribution in [1.29, 1.82) is 0 Å². The van der Waals surface area contributed by atoms with Gasteiger partial charge in [-0.2, -0.15) is 0 Å². The molecule has 0 saturated carbocycles. The zero-order valence-corrected chi connectivity index (χ0v) is 9.49. The summed E-state index contributed by atoms with van der Waals surface area (Å²) in [7, 11) is 2.10. The molecule has 1 rings (SSSR count). The van der Waals surface area contributed by atoms with Crippen LogP contribution in [0.25, 0.3) is 0 Å². The first-order chi connectivity index (χ1) is 6.54. The molecule has 0 bridgehead atoms. The second-order valence-corrected chi connectivity index (χ2v) is 4.05. The van der Waals surface area contributed by atoms with Gasteiger partial charge >= 0.3 is 0 Å². The van der Waals surface area contributed by atoms with Crippen LogP contribution in [-0.4, -0.2) is 13.1 Å². The van der Waals surface area contributed by atoms with Gasteiger partial charge in [0.15, 0.2) is 0 Å². The van der Waals surface area contributed by atoms with E-state index < -0.39 is 0 Å². The molecule has 0 unspecified atom stereocenters. The molecule has 2 N–H and O–H groups in total. The van der Waals surface area contributed by atoms with Gasteiger partial charge in [0.25, 0.3) is 0 Å². The summed E-state index contributed by atoms with van der Waals surface area (Å²) in [5, 5.41) is 0. The Balaban J connectivity index is 3.06. The number of hydrogen-bond acceptors (Lipinski definition) is 2. The van der Waals surface area contributed by atoms with Crippen LogP contribution in [0.2, 0.25) is 0 Å². The molecule has 2 heteroatoms. The first kappa shape index (κ1) is 11.1. The number of hydrogen-bond donors (Lipinski definition) is 1. The van der Waals surface area contributed by atoms with Crippen LogP contribution in [0, 0.1) is 0 Å². The first-order valence-corrected chi connectivity index (χ1v) is 5.11. The van der Waals surface area contributed by atoms with Crippen molar-refractivity contribution < 1.29 is 0 Å². The van der Waals surface area contributed by atoms with Crippen LogP contribution >= 0.6 is 0 Å². The van der Waals surface area contributed by atoms with Crippen LogP contribution in [0.1, 0.15) is 32.4 Å². The first-order valence-electron chi connectivity index (χ1n) is 5.11. The molecule has 1 aromatic rings. The monoisotopic (exact) mass is 192 g/mol. The number of nitrogens with two attached hydrogens (primary N) is 1. The molecule has 0 spiro atoms. The number of para-hydroxylation sites is 1. The highest BCUT2D eigenvalue weighted by atomic mass is 15.1. The van der Waals surface area contributed by atoms with Crippen molar-refractivity contribution in [2.45, 2.75) is 32.9 Å². The lowest BCUT2D eigenvalue weighted by atomic mass is 10.1. The van der Waals surface area contributed by atoms with E-state index in [9.17, 15) is 0 Å². The summed E-state index contributed by atoms with van der Waals surface area (Å²) >= 11 is 0. The van der Waals surface area contributed by atoms with Gasteiger partial charge in [-0.1, -0.05) is 18.2 Å². The van der Waals surface area contributed by atoms with Crippen LogP contribution in [0.15, 0.2) is 24.3 Å². The average Bonchev–Trinajstić information content (AvgIpc) is 2.16. The second-order valence-electron chi connectivity index (χ2n) is 4.05. The molecule has 1 atom stereocenters. The van der Waals surface area contributed by atoms with Gasteiger partial charge in [-0.25, -0.2) is 0 Å². The normalized spacial score (nSPS) is 13.0. The highest BCUT2D eigenvalue weighted by Gasteiger charge is 2.11. The lowest BCUT2D eigenvalue weighted by Gasteiger charge is -2.27. The molecular weight excluding hydrogens is 172 g/mol. The third kappa shape index (κ3) is 2.26. The zero-order chi connectivity index (χ0) is 10.7. The van der Waals surface area contributed by atoms with Gasteiger partial charge in [0, 0.05) is 24.8 Å². The van der Waals surface area contributed by atoms with E-state index in [0.717, 1.165) is 0 Å². The molecule has 0 radical (unpaired) electrons. The molecule has 1 aromatic carbocycles. The molecule has 2 nitrogen and oxygen atoms in total. The maximum absolute atomic E-state index is 5.93. The van der Waals surface area contributed by atoms with E-state index >= 15 is 0 Å². The van der Waals surface area contributed by atoms with E-state index in [4.69, 9.17) is 5.73 Å². The minimum absolute atomic E-state index is 0.0902. The summed E-state index contributed by atoms with van der Waals surface area (Å²) in [5.74, 6) is 0. The number of rotatable bonds is 3. The Morgan fingerprint density at radius 2 is 1.71 bits per heavy atom. The van der Waals surface area contributed by atoms with Gasteiger partial charge < -0.3 is 10.6 Å². The Kier molecular flexibility index (Phi) is 3.53. The third-order valence-corrected chi connectivity index (χ3v) is 2.58. The molecule has 0 heterocycles. The van der Waals surface area contributed by atoms with Crippen LogP contribution in [-0.2, 0) is 0 Å². The average molecular weight is 192 g/mol. The molecular formula is C12H20N2. The van der Waals surface area contributed by atoms with E-state index in [2.05, 4.69) is 44.0 Å². The fourth-order valence-corrected chi connectivity index (χ4v) is 1.47. The molecule has 0 amide bonds. The Labute approximate surface area is 86.7 Å². The van der Waals surface area contributed by atoms with Gasteiger partial charge in [-0.3, -0.25) is 0 Å². The Bertz CT molecular complexity index is 292. The Hall–Kier alpha value is -1.02. The van der Waals surface area contributed by atoms with Gasteiger partial charge in [0.2, 0.25) is 0 Å². The van der Waals surface area contributed by atoms with Crippen molar-refractivity contribution in [3.63, 3.8) is 0 Å². The zero-order valence-electron chi connectivity index (χ0n) is 9.49. The summed E-state index contributed by atoms with van der Waals surface area (Å²) in [5.41, 5.74) is 8.37. The predicted molar refractivity (Wildman–Crippen MR) is 62.6 cm³/mol. The minimum atomic E-state index is 0.0902. The molecule has 0 aliphatic heterocycles. The van der Waals surface area contributed by atoms with E-state index in [1.807, 2.05) is 13.0 Å². The van der Waals surface area contributed by atoms with E-state index in [1.165, 1.54) is 11.3 Å². The van der Waals surface area contributed by atoms with Crippen LogP contribution in [0.3, 0.4) is 0 Å². The van der Waals surface area contributed by atoms with Crippen molar-refractivity contribution >= 4 is 5.69 Å². The van der Waals surface area contributed by atoms with E-state index in [-0.39, 0.29) is 6.04 Å². The molecule has 0 fully saturated rings. The van der Waals surface area contributed by atoms with E-state index in [0.29, 0.717) is 6.04 Å². The summed E-state index contributed by atoms with van der Waals surface area (Å²) in [6.07, 6.45) is 0. The van der Waals surface area contributed by atoms with Crippen molar-refractivity contribution in [2.24, 2.45) is 5.73 Å². The summed E-state index contributed by atoms with van der Waals surface area (Å²) < 4.78 is 0. The lowest BCUT2D eigenvalue weighted by molar-refractivity contribution is 0.735. The SMILES string of the molecule is CC(C)N(C)c1ccccc1[C@H](C)N. The molecule has 0 aliphatic carbocycles. The molecule has 0 aliphatic rings. The highest BCUT2D eigenvalue weighted by Crippen LogP contribution is 2.25. The molecule has 0 saturated heterocycles. The maximum Gasteiger partial charge on any atom is 0.0414 e. The maximum atomic E-state index is 5.93. The van der Waals surface area contributed by atoms with Crippen molar-refractivity contribution in [3.05, 3.63) is 29.8 Å². The van der Waals surface area contributed by atoms with Gasteiger partial charge in [-0.05, 0) is 32.4 Å². The Morgan fingerprint density at radius 3 is 2.21 bits per heavy atom. The predicted octanol–water partition coefficient (Wildman–Crippen LogP) is 2.55. The second kappa shape index (κ2) is 4.47.